The van der Waals surface area contributed by atoms with E-state index < -0.39 is 0 Å². The molecule has 0 bridgehead atoms. The van der Waals surface area contributed by atoms with Crippen LogP contribution in [0.5, 0.6) is 5.88 Å². The van der Waals surface area contributed by atoms with Crippen molar-refractivity contribution in [1.82, 2.24) is 15.0 Å². The summed E-state index contributed by atoms with van der Waals surface area (Å²) in [6, 6.07) is 1.77. The van der Waals surface area contributed by atoms with E-state index in [0.29, 0.717) is 41.6 Å². The van der Waals surface area contributed by atoms with Crippen molar-refractivity contribution in [2.75, 3.05) is 25.1 Å². The topological polar surface area (TPSA) is 77.4 Å². The van der Waals surface area contributed by atoms with Crippen LogP contribution in [0.1, 0.15) is 24.2 Å². The average Bonchev–Trinajstić information content (AvgIpc) is 2.60. The number of anilines is 1. The molecular formula is C17H20N4O3. The van der Waals surface area contributed by atoms with Crippen LogP contribution in [0.25, 0.3) is 11.3 Å². The number of carbonyl (C=O) groups is 1. The van der Waals surface area contributed by atoms with Crippen molar-refractivity contribution in [3.8, 4) is 17.1 Å². The van der Waals surface area contributed by atoms with Gasteiger partial charge in [0.1, 0.15) is 11.5 Å². The normalized spacial score (nSPS) is 20.7. The number of methoxy groups -OCH3 is 1. The molecule has 2 unspecified atom stereocenters. The minimum absolute atomic E-state index is 0.0924. The van der Waals surface area contributed by atoms with Gasteiger partial charge in [-0.1, -0.05) is 0 Å². The standard InChI is InChI=1S/C17H20N4O3/c1-11-8-21(9-12(2)24-11)16-14(10-22)6-13(7-20-16)15-17(23-3)19-5-4-18-15/h4-7,10-12H,8-9H2,1-3H3. The Hall–Kier alpha value is -2.54. The maximum absolute atomic E-state index is 11.6. The lowest BCUT2D eigenvalue weighted by molar-refractivity contribution is -0.00549. The largest absolute Gasteiger partial charge is 0.479 e. The van der Waals surface area contributed by atoms with Gasteiger partial charge in [-0.15, -0.1) is 0 Å². The maximum Gasteiger partial charge on any atom is 0.240 e. The van der Waals surface area contributed by atoms with Gasteiger partial charge in [0.2, 0.25) is 5.88 Å². The molecule has 1 fully saturated rings. The fraction of sp³-hybridized carbons (Fsp3) is 0.412. The van der Waals surface area contributed by atoms with Gasteiger partial charge < -0.3 is 14.4 Å². The van der Waals surface area contributed by atoms with Crippen molar-refractivity contribution >= 4 is 12.1 Å². The van der Waals surface area contributed by atoms with Crippen LogP contribution in [0.4, 0.5) is 5.82 Å². The van der Waals surface area contributed by atoms with Crippen LogP contribution in [0.2, 0.25) is 0 Å². The minimum atomic E-state index is 0.0924. The zero-order chi connectivity index (χ0) is 17.1. The molecule has 1 aliphatic heterocycles. The third-order valence-corrected chi connectivity index (χ3v) is 3.87. The lowest BCUT2D eigenvalue weighted by atomic mass is 10.1. The summed E-state index contributed by atoms with van der Waals surface area (Å²) in [5, 5.41) is 0. The van der Waals surface area contributed by atoms with Gasteiger partial charge in [0.25, 0.3) is 0 Å². The molecule has 0 aromatic carbocycles. The predicted molar refractivity (Wildman–Crippen MR) is 89.4 cm³/mol. The van der Waals surface area contributed by atoms with E-state index in [-0.39, 0.29) is 12.2 Å². The van der Waals surface area contributed by atoms with Gasteiger partial charge in [-0.05, 0) is 19.9 Å². The van der Waals surface area contributed by atoms with E-state index in [1.165, 1.54) is 7.11 Å². The summed E-state index contributed by atoms with van der Waals surface area (Å²) in [4.78, 5) is 26.6. The molecule has 2 aromatic heterocycles. The van der Waals surface area contributed by atoms with Crippen LogP contribution in [-0.4, -0.2) is 53.6 Å². The molecule has 0 spiro atoms. The molecule has 2 aromatic rings. The number of nitrogens with zero attached hydrogens (tertiary/aromatic N) is 4. The number of ether oxygens (including phenoxy) is 2. The van der Waals surface area contributed by atoms with E-state index in [2.05, 4.69) is 19.9 Å². The highest BCUT2D eigenvalue weighted by Gasteiger charge is 2.25. The van der Waals surface area contributed by atoms with E-state index in [1.54, 1.807) is 24.7 Å². The van der Waals surface area contributed by atoms with Crippen molar-refractivity contribution in [2.45, 2.75) is 26.1 Å². The van der Waals surface area contributed by atoms with Gasteiger partial charge in [-0.3, -0.25) is 4.79 Å². The number of morpholine rings is 1. The quantitative estimate of drug-likeness (QED) is 0.794. The molecule has 0 aliphatic carbocycles. The third-order valence-electron chi connectivity index (χ3n) is 3.87. The third kappa shape index (κ3) is 3.21. The molecule has 0 amide bonds. The first-order valence-corrected chi connectivity index (χ1v) is 7.83. The van der Waals surface area contributed by atoms with E-state index in [0.717, 1.165) is 6.29 Å². The Kier molecular flexibility index (Phi) is 4.71. The molecular weight excluding hydrogens is 308 g/mol. The molecule has 24 heavy (non-hydrogen) atoms. The summed E-state index contributed by atoms with van der Waals surface area (Å²) in [6.07, 6.45) is 5.84. The van der Waals surface area contributed by atoms with Crippen LogP contribution >= 0.6 is 0 Å². The van der Waals surface area contributed by atoms with Gasteiger partial charge in [-0.2, -0.15) is 0 Å². The minimum Gasteiger partial charge on any atom is -0.479 e. The van der Waals surface area contributed by atoms with Crippen molar-refractivity contribution in [1.29, 1.82) is 0 Å². The van der Waals surface area contributed by atoms with Gasteiger partial charge in [-0.25, -0.2) is 15.0 Å². The lowest BCUT2D eigenvalue weighted by Crippen LogP contribution is -2.46. The van der Waals surface area contributed by atoms with E-state index in [1.807, 2.05) is 13.8 Å². The number of aldehydes is 1. The highest BCUT2D eigenvalue weighted by molar-refractivity contribution is 5.85. The second-order valence-electron chi connectivity index (χ2n) is 5.83. The molecule has 0 N–H and O–H groups in total. The highest BCUT2D eigenvalue weighted by atomic mass is 16.5. The van der Waals surface area contributed by atoms with Crippen molar-refractivity contribution in [2.24, 2.45) is 0 Å². The van der Waals surface area contributed by atoms with Crippen LogP contribution in [-0.2, 0) is 4.74 Å². The molecule has 3 rings (SSSR count). The monoisotopic (exact) mass is 328 g/mol. The summed E-state index contributed by atoms with van der Waals surface area (Å²) in [5.74, 6) is 1.07. The summed E-state index contributed by atoms with van der Waals surface area (Å²) in [5.41, 5.74) is 1.77. The summed E-state index contributed by atoms with van der Waals surface area (Å²) >= 11 is 0. The zero-order valence-electron chi connectivity index (χ0n) is 14.0. The summed E-state index contributed by atoms with van der Waals surface area (Å²) in [7, 11) is 1.53. The van der Waals surface area contributed by atoms with E-state index >= 15 is 0 Å². The molecule has 0 radical (unpaired) electrons. The summed E-state index contributed by atoms with van der Waals surface area (Å²) in [6.45, 7) is 5.43. The average molecular weight is 328 g/mol. The SMILES string of the molecule is COc1nccnc1-c1cnc(N2CC(C)OC(C)C2)c(C=O)c1. The molecule has 1 aliphatic rings. The van der Waals surface area contributed by atoms with Crippen LogP contribution in [0.15, 0.2) is 24.7 Å². The highest BCUT2D eigenvalue weighted by Crippen LogP contribution is 2.29. The van der Waals surface area contributed by atoms with E-state index in [4.69, 9.17) is 9.47 Å². The Morgan fingerprint density at radius 1 is 1.21 bits per heavy atom. The molecule has 126 valence electrons. The molecule has 0 saturated carbocycles. The fourth-order valence-corrected chi connectivity index (χ4v) is 2.98. The first-order chi connectivity index (χ1) is 11.6. The number of hydrogen-bond donors (Lipinski definition) is 0. The number of aromatic nitrogens is 3. The van der Waals surface area contributed by atoms with Crippen molar-refractivity contribution in [3.05, 3.63) is 30.2 Å². The first-order valence-electron chi connectivity index (χ1n) is 7.83. The zero-order valence-corrected chi connectivity index (χ0v) is 14.0. The van der Waals surface area contributed by atoms with Gasteiger partial charge >= 0.3 is 0 Å². The smallest absolute Gasteiger partial charge is 0.240 e. The summed E-state index contributed by atoms with van der Waals surface area (Å²) < 4.78 is 11.0. The Bertz CT molecular complexity index is 728. The van der Waals surface area contributed by atoms with Crippen LogP contribution in [0, 0.1) is 0 Å². The first kappa shape index (κ1) is 16.3. The number of pyridine rings is 1. The molecule has 3 heterocycles. The molecule has 7 nitrogen and oxygen atoms in total. The Morgan fingerprint density at radius 2 is 1.92 bits per heavy atom. The predicted octanol–water partition coefficient (Wildman–Crippen LogP) is 1.97. The lowest BCUT2D eigenvalue weighted by Gasteiger charge is -2.36. The van der Waals surface area contributed by atoms with Crippen LogP contribution in [0.3, 0.4) is 0 Å². The van der Waals surface area contributed by atoms with Crippen LogP contribution < -0.4 is 9.64 Å². The molecule has 1 saturated heterocycles. The second kappa shape index (κ2) is 6.92. The van der Waals surface area contributed by atoms with E-state index in [9.17, 15) is 4.79 Å². The number of hydrogen-bond acceptors (Lipinski definition) is 7. The van der Waals surface area contributed by atoms with Gasteiger partial charge in [0.05, 0.1) is 24.9 Å². The Balaban J connectivity index is 1.98. The molecule has 2 atom stereocenters. The second-order valence-corrected chi connectivity index (χ2v) is 5.83. The fourth-order valence-electron chi connectivity index (χ4n) is 2.98. The van der Waals surface area contributed by atoms with Crippen molar-refractivity contribution in [3.63, 3.8) is 0 Å². The maximum atomic E-state index is 11.6. The van der Waals surface area contributed by atoms with Gasteiger partial charge in [0, 0.05) is 37.2 Å². The van der Waals surface area contributed by atoms with Crippen molar-refractivity contribution < 1.29 is 14.3 Å². The van der Waals surface area contributed by atoms with Gasteiger partial charge in [0.15, 0.2) is 6.29 Å². The number of rotatable bonds is 4. The Labute approximate surface area is 140 Å². The molecule has 7 heteroatoms. The number of carbonyl (C=O) groups excluding carboxylic acids is 1. The Morgan fingerprint density at radius 3 is 2.58 bits per heavy atom.